The predicted octanol–water partition coefficient (Wildman–Crippen LogP) is 3.12. The van der Waals surface area contributed by atoms with Crippen LogP contribution in [0.4, 0.5) is 0 Å². The quantitative estimate of drug-likeness (QED) is 0.794. The highest BCUT2D eigenvalue weighted by Gasteiger charge is 2.07. The second kappa shape index (κ2) is 6.94. The van der Waals surface area contributed by atoms with Crippen LogP contribution in [0.5, 0.6) is 0 Å². The molecule has 0 aromatic carbocycles. The molecule has 0 bridgehead atoms. The van der Waals surface area contributed by atoms with Crippen LogP contribution >= 0.6 is 0 Å². The monoisotopic (exact) mass is 288 g/mol. The fourth-order valence-electron chi connectivity index (χ4n) is 3.02. The molecule has 0 spiro atoms. The first-order valence-corrected chi connectivity index (χ1v) is 7.90. The second-order valence-corrected chi connectivity index (χ2v) is 5.82. The zero-order chi connectivity index (χ0) is 15.4. The first-order chi connectivity index (χ1) is 10.0. The summed E-state index contributed by atoms with van der Waals surface area (Å²) < 4.78 is 4.47. The summed E-state index contributed by atoms with van der Waals surface area (Å²) in [5.41, 5.74) is 6.52. The molecular weight excluding hydrogens is 260 g/mol. The minimum atomic E-state index is 0.955. The molecule has 2 heterocycles. The van der Waals surface area contributed by atoms with Crippen molar-refractivity contribution in [3.63, 3.8) is 0 Å². The van der Waals surface area contributed by atoms with Crippen molar-refractivity contribution in [2.75, 3.05) is 6.54 Å². The molecule has 0 amide bonds. The van der Waals surface area contributed by atoms with Crippen molar-refractivity contribution < 1.29 is 0 Å². The van der Waals surface area contributed by atoms with Gasteiger partial charge in [-0.1, -0.05) is 0 Å². The van der Waals surface area contributed by atoms with Gasteiger partial charge in [-0.05, 0) is 65.3 Å². The minimum Gasteiger partial charge on any atom is -0.349 e. The van der Waals surface area contributed by atoms with Crippen LogP contribution in [-0.2, 0) is 19.6 Å². The van der Waals surface area contributed by atoms with Gasteiger partial charge in [0.25, 0.3) is 0 Å². The number of hydrogen-bond donors (Lipinski definition) is 1. The maximum atomic E-state index is 4.49. The highest BCUT2D eigenvalue weighted by Crippen LogP contribution is 2.14. The summed E-state index contributed by atoms with van der Waals surface area (Å²) in [5.74, 6) is 0. The Bertz CT molecular complexity index is 592. The fraction of sp³-hybridized carbons (Fsp3) is 0.588. The lowest BCUT2D eigenvalue weighted by atomic mass is 10.2. The summed E-state index contributed by atoms with van der Waals surface area (Å²) in [4.78, 5) is 0. The fourth-order valence-corrected chi connectivity index (χ4v) is 3.02. The number of rotatable bonds is 7. The van der Waals surface area contributed by atoms with Crippen LogP contribution in [0.15, 0.2) is 12.1 Å². The molecule has 1 N–H and O–H groups in total. The summed E-state index contributed by atoms with van der Waals surface area (Å²) in [6.07, 6.45) is 1.11. The van der Waals surface area contributed by atoms with E-state index in [4.69, 9.17) is 0 Å². The smallest absolute Gasteiger partial charge is 0.0596 e. The van der Waals surface area contributed by atoms with Crippen molar-refractivity contribution in [1.29, 1.82) is 0 Å². The molecule has 0 aliphatic heterocycles. The first-order valence-electron chi connectivity index (χ1n) is 7.90. The number of aromatic nitrogens is 3. The Morgan fingerprint density at radius 1 is 1.10 bits per heavy atom. The van der Waals surface area contributed by atoms with Crippen molar-refractivity contribution >= 4 is 0 Å². The molecule has 0 unspecified atom stereocenters. The Hall–Kier alpha value is -1.55. The number of nitrogens with zero attached hydrogens (tertiary/aromatic N) is 3. The number of hydrogen-bond acceptors (Lipinski definition) is 2. The van der Waals surface area contributed by atoms with Gasteiger partial charge in [0.1, 0.15) is 0 Å². The van der Waals surface area contributed by atoms with Gasteiger partial charge in [-0.15, -0.1) is 0 Å². The number of nitrogens with one attached hydrogen (secondary N) is 1. The van der Waals surface area contributed by atoms with Gasteiger partial charge in [0, 0.05) is 36.7 Å². The SMILES string of the molecule is CCn1c(C)cc(CNCCCn2nc(C)cc2C)c1C. The third kappa shape index (κ3) is 3.76. The molecule has 0 fully saturated rings. The predicted molar refractivity (Wildman–Crippen MR) is 87.6 cm³/mol. The van der Waals surface area contributed by atoms with Crippen LogP contribution < -0.4 is 5.32 Å². The van der Waals surface area contributed by atoms with Crippen LogP contribution in [0.25, 0.3) is 0 Å². The topological polar surface area (TPSA) is 34.8 Å². The van der Waals surface area contributed by atoms with Gasteiger partial charge in [-0.2, -0.15) is 5.10 Å². The second-order valence-electron chi connectivity index (χ2n) is 5.82. The van der Waals surface area contributed by atoms with E-state index in [0.717, 1.165) is 38.3 Å². The molecule has 0 aliphatic carbocycles. The van der Waals surface area contributed by atoms with Gasteiger partial charge in [0.15, 0.2) is 0 Å². The van der Waals surface area contributed by atoms with E-state index >= 15 is 0 Å². The summed E-state index contributed by atoms with van der Waals surface area (Å²) >= 11 is 0. The summed E-state index contributed by atoms with van der Waals surface area (Å²) in [6.45, 7) is 14.8. The van der Waals surface area contributed by atoms with Gasteiger partial charge < -0.3 is 9.88 Å². The molecule has 4 nitrogen and oxygen atoms in total. The average molecular weight is 288 g/mol. The number of aryl methyl sites for hydroxylation is 4. The van der Waals surface area contributed by atoms with E-state index in [1.165, 1.54) is 22.6 Å². The highest BCUT2D eigenvalue weighted by atomic mass is 15.3. The maximum Gasteiger partial charge on any atom is 0.0596 e. The van der Waals surface area contributed by atoms with Crippen LogP contribution in [0, 0.1) is 27.7 Å². The Balaban J connectivity index is 1.76. The van der Waals surface area contributed by atoms with E-state index in [2.05, 4.69) is 59.5 Å². The summed E-state index contributed by atoms with van der Waals surface area (Å²) in [5, 5.41) is 8.04. The van der Waals surface area contributed by atoms with Crippen molar-refractivity contribution in [1.82, 2.24) is 19.7 Å². The van der Waals surface area contributed by atoms with E-state index in [1.54, 1.807) is 0 Å². The standard InChI is InChI=1S/C17H28N4/c1-6-20-14(3)11-17(16(20)5)12-18-8-7-9-21-15(4)10-13(2)19-21/h10-11,18H,6-9,12H2,1-5H3. The van der Waals surface area contributed by atoms with Crippen molar-refractivity contribution in [3.05, 3.63) is 40.5 Å². The molecule has 2 rings (SSSR count). The van der Waals surface area contributed by atoms with E-state index < -0.39 is 0 Å². The van der Waals surface area contributed by atoms with Crippen molar-refractivity contribution in [2.24, 2.45) is 0 Å². The molecular formula is C17H28N4. The van der Waals surface area contributed by atoms with Crippen LogP contribution in [0.3, 0.4) is 0 Å². The Morgan fingerprint density at radius 3 is 2.43 bits per heavy atom. The van der Waals surface area contributed by atoms with Gasteiger partial charge >= 0.3 is 0 Å². The molecule has 0 aliphatic rings. The third-order valence-corrected chi connectivity index (χ3v) is 4.14. The average Bonchev–Trinajstić information content (AvgIpc) is 2.89. The lowest BCUT2D eigenvalue weighted by molar-refractivity contribution is 0.531. The highest BCUT2D eigenvalue weighted by molar-refractivity contribution is 5.26. The molecule has 2 aromatic rings. The van der Waals surface area contributed by atoms with Crippen LogP contribution in [0.2, 0.25) is 0 Å². The van der Waals surface area contributed by atoms with E-state index in [-0.39, 0.29) is 0 Å². The van der Waals surface area contributed by atoms with E-state index in [9.17, 15) is 0 Å². The molecule has 116 valence electrons. The van der Waals surface area contributed by atoms with Gasteiger partial charge in [0.2, 0.25) is 0 Å². The molecule has 0 radical (unpaired) electrons. The van der Waals surface area contributed by atoms with Gasteiger partial charge in [-0.3, -0.25) is 4.68 Å². The van der Waals surface area contributed by atoms with Crippen molar-refractivity contribution in [2.45, 2.75) is 60.7 Å². The molecule has 2 aromatic heterocycles. The Labute approximate surface area is 128 Å². The maximum absolute atomic E-state index is 4.49. The molecule has 21 heavy (non-hydrogen) atoms. The third-order valence-electron chi connectivity index (χ3n) is 4.14. The zero-order valence-electron chi connectivity index (χ0n) is 14.0. The van der Waals surface area contributed by atoms with Crippen LogP contribution in [-0.4, -0.2) is 20.9 Å². The Kier molecular flexibility index (Phi) is 5.23. The normalized spacial score (nSPS) is 11.3. The molecule has 0 atom stereocenters. The summed E-state index contributed by atoms with van der Waals surface area (Å²) in [6, 6.07) is 4.43. The van der Waals surface area contributed by atoms with Gasteiger partial charge in [0.05, 0.1) is 5.69 Å². The minimum absolute atomic E-state index is 0.955. The lowest BCUT2D eigenvalue weighted by Crippen LogP contribution is -2.17. The lowest BCUT2D eigenvalue weighted by Gasteiger charge is -2.08. The van der Waals surface area contributed by atoms with E-state index in [0.29, 0.717) is 0 Å². The molecule has 0 saturated heterocycles. The first kappa shape index (κ1) is 15.8. The zero-order valence-corrected chi connectivity index (χ0v) is 14.0. The largest absolute Gasteiger partial charge is 0.349 e. The van der Waals surface area contributed by atoms with Crippen molar-refractivity contribution in [3.8, 4) is 0 Å². The van der Waals surface area contributed by atoms with Gasteiger partial charge in [-0.25, -0.2) is 0 Å². The van der Waals surface area contributed by atoms with Crippen LogP contribution in [0.1, 0.15) is 41.7 Å². The Morgan fingerprint density at radius 2 is 1.86 bits per heavy atom. The van der Waals surface area contributed by atoms with E-state index in [1.807, 2.05) is 6.92 Å². The molecule has 0 saturated carbocycles. The molecule has 4 heteroatoms. The summed E-state index contributed by atoms with van der Waals surface area (Å²) in [7, 11) is 0.